The first-order valence-electron chi connectivity index (χ1n) is 10.3. The molecule has 7 heteroatoms. The van der Waals surface area contributed by atoms with Gasteiger partial charge in [-0.25, -0.2) is 4.79 Å². The SMILES string of the molecule is Cc1ccccc1[C@H](C)NC(=O)COC(=O)c1ccc2c(c1Cl)C(=O)c1ccccc1C2=O. The third-order valence-corrected chi connectivity index (χ3v) is 6.01. The number of carbonyl (C=O) groups excluding carboxylic acids is 4. The van der Waals surface area contributed by atoms with Crippen LogP contribution in [0.15, 0.2) is 60.7 Å². The van der Waals surface area contributed by atoms with E-state index in [0.717, 1.165) is 11.1 Å². The van der Waals surface area contributed by atoms with Gasteiger partial charge in [0.1, 0.15) is 0 Å². The van der Waals surface area contributed by atoms with Crippen molar-refractivity contribution in [2.45, 2.75) is 19.9 Å². The van der Waals surface area contributed by atoms with E-state index in [1.54, 1.807) is 24.3 Å². The van der Waals surface area contributed by atoms with Gasteiger partial charge in [0.2, 0.25) is 0 Å². The van der Waals surface area contributed by atoms with Crippen molar-refractivity contribution < 1.29 is 23.9 Å². The lowest BCUT2D eigenvalue weighted by Gasteiger charge is -2.19. The molecule has 3 aromatic rings. The van der Waals surface area contributed by atoms with Crippen LogP contribution in [0.3, 0.4) is 0 Å². The van der Waals surface area contributed by atoms with Gasteiger partial charge in [-0.3, -0.25) is 14.4 Å². The number of amides is 1. The number of ketones is 2. The lowest BCUT2D eigenvalue weighted by Crippen LogP contribution is -2.31. The number of rotatable bonds is 5. The monoisotopic (exact) mass is 461 g/mol. The number of benzene rings is 3. The maximum atomic E-state index is 12.9. The van der Waals surface area contributed by atoms with Crippen LogP contribution in [0, 0.1) is 6.92 Å². The van der Waals surface area contributed by atoms with Crippen LogP contribution in [0.1, 0.15) is 66.3 Å². The molecule has 1 aliphatic carbocycles. The van der Waals surface area contributed by atoms with Gasteiger partial charge in [-0.05, 0) is 37.1 Å². The minimum atomic E-state index is -0.861. The Bertz CT molecular complexity index is 1310. The van der Waals surface area contributed by atoms with Gasteiger partial charge in [-0.1, -0.05) is 60.1 Å². The van der Waals surface area contributed by atoms with E-state index < -0.39 is 24.3 Å². The fourth-order valence-corrected chi connectivity index (χ4v) is 4.27. The Balaban J connectivity index is 1.48. The molecule has 166 valence electrons. The van der Waals surface area contributed by atoms with E-state index in [-0.39, 0.29) is 39.1 Å². The molecule has 0 saturated carbocycles. The van der Waals surface area contributed by atoms with Gasteiger partial charge in [0, 0.05) is 16.7 Å². The number of fused-ring (bicyclic) bond motifs is 2. The molecule has 0 aromatic heterocycles. The number of hydrogen-bond acceptors (Lipinski definition) is 5. The average molecular weight is 462 g/mol. The van der Waals surface area contributed by atoms with E-state index >= 15 is 0 Å². The summed E-state index contributed by atoms with van der Waals surface area (Å²) in [6.45, 7) is 3.27. The Hall–Kier alpha value is -3.77. The van der Waals surface area contributed by atoms with Crippen molar-refractivity contribution in [2.75, 3.05) is 6.61 Å². The second-order valence-electron chi connectivity index (χ2n) is 7.78. The molecule has 1 amide bonds. The fraction of sp³-hybridized carbons (Fsp3) is 0.154. The first-order chi connectivity index (χ1) is 15.8. The maximum Gasteiger partial charge on any atom is 0.340 e. The summed E-state index contributed by atoms with van der Waals surface area (Å²) in [6, 6.07) is 16.5. The molecule has 0 heterocycles. The Kier molecular flexibility index (Phi) is 6.11. The first-order valence-corrected chi connectivity index (χ1v) is 10.7. The van der Waals surface area contributed by atoms with Crippen LogP contribution in [0.5, 0.6) is 0 Å². The van der Waals surface area contributed by atoms with Crippen molar-refractivity contribution in [3.05, 3.63) is 105 Å². The van der Waals surface area contributed by atoms with Gasteiger partial charge in [-0.15, -0.1) is 0 Å². The van der Waals surface area contributed by atoms with E-state index in [9.17, 15) is 19.2 Å². The predicted octanol–water partition coefficient (Wildman–Crippen LogP) is 4.46. The number of ether oxygens (including phenoxy) is 1. The molecular formula is C26H20ClNO5. The number of carbonyl (C=O) groups is 4. The molecular weight excluding hydrogens is 442 g/mol. The topological polar surface area (TPSA) is 89.5 Å². The minimum absolute atomic E-state index is 0.0348. The summed E-state index contributed by atoms with van der Waals surface area (Å²) in [7, 11) is 0. The summed E-state index contributed by atoms with van der Waals surface area (Å²) >= 11 is 6.37. The highest BCUT2D eigenvalue weighted by molar-refractivity contribution is 6.41. The average Bonchev–Trinajstić information content (AvgIpc) is 2.81. The summed E-state index contributed by atoms with van der Waals surface area (Å²) in [5.74, 6) is -2.12. The highest BCUT2D eigenvalue weighted by atomic mass is 35.5. The van der Waals surface area contributed by atoms with Crippen molar-refractivity contribution in [2.24, 2.45) is 0 Å². The Morgan fingerprint density at radius 3 is 2.24 bits per heavy atom. The molecule has 0 bridgehead atoms. The van der Waals surface area contributed by atoms with E-state index in [1.807, 2.05) is 38.1 Å². The fourth-order valence-electron chi connectivity index (χ4n) is 3.95. The third-order valence-electron chi connectivity index (χ3n) is 5.62. The van der Waals surface area contributed by atoms with E-state index in [0.29, 0.717) is 5.56 Å². The summed E-state index contributed by atoms with van der Waals surface area (Å²) < 4.78 is 5.13. The summed E-state index contributed by atoms with van der Waals surface area (Å²) in [6.07, 6.45) is 0. The molecule has 0 unspecified atom stereocenters. The van der Waals surface area contributed by atoms with Gasteiger partial charge in [-0.2, -0.15) is 0 Å². The van der Waals surface area contributed by atoms with E-state index in [1.165, 1.54) is 12.1 Å². The van der Waals surface area contributed by atoms with Crippen LogP contribution in [0.25, 0.3) is 0 Å². The number of halogens is 1. The van der Waals surface area contributed by atoms with Crippen molar-refractivity contribution in [3.63, 3.8) is 0 Å². The molecule has 0 spiro atoms. The van der Waals surface area contributed by atoms with Crippen LogP contribution in [-0.2, 0) is 9.53 Å². The molecule has 0 radical (unpaired) electrons. The summed E-state index contributed by atoms with van der Waals surface area (Å²) in [5.41, 5.74) is 2.52. The van der Waals surface area contributed by atoms with Gasteiger partial charge >= 0.3 is 5.97 Å². The lowest BCUT2D eigenvalue weighted by atomic mass is 9.83. The Morgan fingerprint density at radius 1 is 0.909 bits per heavy atom. The van der Waals surface area contributed by atoms with Crippen LogP contribution in [0.2, 0.25) is 5.02 Å². The second kappa shape index (κ2) is 9.00. The molecule has 4 rings (SSSR count). The normalized spacial score (nSPS) is 13.1. The summed E-state index contributed by atoms with van der Waals surface area (Å²) in [5, 5.41) is 2.62. The van der Waals surface area contributed by atoms with Crippen LogP contribution < -0.4 is 5.32 Å². The highest BCUT2D eigenvalue weighted by Crippen LogP contribution is 2.34. The molecule has 0 saturated heterocycles. The van der Waals surface area contributed by atoms with Crippen molar-refractivity contribution in [3.8, 4) is 0 Å². The smallest absolute Gasteiger partial charge is 0.340 e. The molecule has 3 aromatic carbocycles. The number of hydrogen-bond donors (Lipinski definition) is 1. The van der Waals surface area contributed by atoms with Crippen LogP contribution >= 0.6 is 11.6 Å². The summed E-state index contributed by atoms with van der Waals surface area (Å²) in [4.78, 5) is 50.6. The minimum Gasteiger partial charge on any atom is -0.452 e. The van der Waals surface area contributed by atoms with Crippen LogP contribution in [-0.4, -0.2) is 30.0 Å². The number of aryl methyl sites for hydroxylation is 1. The zero-order valence-electron chi connectivity index (χ0n) is 18.0. The molecule has 6 nitrogen and oxygen atoms in total. The standard InChI is InChI=1S/C26H20ClNO5/c1-14-7-3-4-8-16(14)15(2)28-21(29)13-33-26(32)20-12-11-19-22(23(20)27)25(31)18-10-6-5-9-17(18)24(19)30/h3-12,15H,13H2,1-2H3,(H,28,29)/t15-/m0/s1. The largest absolute Gasteiger partial charge is 0.452 e. The molecule has 0 fully saturated rings. The third kappa shape index (κ3) is 4.17. The highest BCUT2D eigenvalue weighted by Gasteiger charge is 2.33. The van der Waals surface area contributed by atoms with Crippen LogP contribution in [0.4, 0.5) is 0 Å². The quantitative estimate of drug-likeness (QED) is 0.443. The van der Waals surface area contributed by atoms with E-state index in [4.69, 9.17) is 16.3 Å². The van der Waals surface area contributed by atoms with Crippen molar-refractivity contribution >= 4 is 35.0 Å². The molecule has 33 heavy (non-hydrogen) atoms. The van der Waals surface area contributed by atoms with Crippen molar-refractivity contribution in [1.82, 2.24) is 5.32 Å². The van der Waals surface area contributed by atoms with Gasteiger partial charge in [0.05, 0.1) is 22.2 Å². The Labute approximate surface area is 195 Å². The maximum absolute atomic E-state index is 12.9. The second-order valence-corrected chi connectivity index (χ2v) is 8.15. The van der Waals surface area contributed by atoms with E-state index in [2.05, 4.69) is 5.32 Å². The number of esters is 1. The molecule has 1 aliphatic rings. The molecule has 0 aliphatic heterocycles. The van der Waals surface area contributed by atoms with Gasteiger partial charge in [0.15, 0.2) is 18.2 Å². The first kappa shape index (κ1) is 22.4. The Morgan fingerprint density at radius 2 is 1.55 bits per heavy atom. The van der Waals surface area contributed by atoms with Crippen molar-refractivity contribution in [1.29, 1.82) is 0 Å². The molecule has 1 atom stereocenters. The zero-order chi connectivity index (χ0) is 23.7. The lowest BCUT2D eigenvalue weighted by molar-refractivity contribution is -0.124. The number of nitrogens with one attached hydrogen (secondary N) is 1. The van der Waals surface area contributed by atoms with Gasteiger partial charge in [0.25, 0.3) is 5.91 Å². The van der Waals surface area contributed by atoms with Gasteiger partial charge < -0.3 is 10.1 Å². The predicted molar refractivity (Wildman–Crippen MR) is 123 cm³/mol. The zero-order valence-corrected chi connectivity index (χ0v) is 18.7. The molecule has 1 N–H and O–H groups in total.